The van der Waals surface area contributed by atoms with Gasteiger partial charge in [0.05, 0.1) is 16.8 Å². The topological polar surface area (TPSA) is 88.9 Å². The Morgan fingerprint density at radius 3 is 2.76 bits per heavy atom. The number of H-pyrrole nitrogens is 1. The van der Waals surface area contributed by atoms with Gasteiger partial charge in [0, 0.05) is 23.9 Å². The molecular weight excluding hydrogens is 229 g/mol. The van der Waals surface area contributed by atoms with E-state index >= 15 is 0 Å². The van der Waals surface area contributed by atoms with Gasteiger partial charge in [-0.1, -0.05) is 0 Å². The molecule has 0 spiro atoms. The fourth-order valence-electron chi connectivity index (χ4n) is 1.37. The first-order valence-corrected chi connectivity index (χ1v) is 4.56. The summed E-state index contributed by atoms with van der Waals surface area (Å²) in [6.07, 6.45) is 2.31. The fourth-order valence-corrected chi connectivity index (χ4v) is 1.37. The van der Waals surface area contributed by atoms with E-state index in [9.17, 15) is 19.3 Å². The molecule has 0 aliphatic rings. The zero-order valence-corrected chi connectivity index (χ0v) is 8.38. The first-order chi connectivity index (χ1) is 8.09. The van der Waals surface area contributed by atoms with Crippen LogP contribution in [0.15, 0.2) is 35.5 Å². The van der Waals surface area contributed by atoms with Crippen LogP contribution in [0.2, 0.25) is 0 Å². The van der Waals surface area contributed by atoms with Gasteiger partial charge < -0.3 is 4.98 Å². The number of hydrogen-bond donors (Lipinski definition) is 1. The van der Waals surface area contributed by atoms with Gasteiger partial charge in [-0.15, -0.1) is 0 Å². The Kier molecular flexibility index (Phi) is 2.65. The number of nitrogens with one attached hydrogen (secondary N) is 1. The third kappa shape index (κ3) is 2.03. The summed E-state index contributed by atoms with van der Waals surface area (Å²) >= 11 is 0. The Hall–Kier alpha value is -2.57. The number of aromatic amines is 1. The second-order valence-corrected chi connectivity index (χ2v) is 3.22. The van der Waals surface area contributed by atoms with Gasteiger partial charge in [0.25, 0.3) is 11.2 Å². The van der Waals surface area contributed by atoms with E-state index in [-0.39, 0.29) is 16.8 Å². The van der Waals surface area contributed by atoms with E-state index in [1.807, 2.05) is 0 Å². The first kappa shape index (κ1) is 10.9. The van der Waals surface area contributed by atoms with Crippen molar-refractivity contribution in [3.63, 3.8) is 0 Å². The molecule has 0 saturated heterocycles. The third-order valence-electron chi connectivity index (χ3n) is 2.17. The van der Waals surface area contributed by atoms with Gasteiger partial charge in [-0.2, -0.15) is 0 Å². The SMILES string of the molecule is O=c1[nH]cncc1-c1cc([N+](=O)[O-])ccc1F. The van der Waals surface area contributed by atoms with E-state index in [0.29, 0.717) is 0 Å². The second kappa shape index (κ2) is 4.12. The average Bonchev–Trinajstić information content (AvgIpc) is 2.30. The lowest BCUT2D eigenvalue weighted by Crippen LogP contribution is -2.09. The standard InChI is InChI=1S/C10H6FN3O3/c11-9-2-1-6(14(16)17)3-7(9)8-4-12-5-13-10(8)15/h1-5H,(H,12,13,15). The number of halogens is 1. The lowest BCUT2D eigenvalue weighted by atomic mass is 10.1. The van der Waals surface area contributed by atoms with E-state index in [4.69, 9.17) is 0 Å². The molecule has 1 aromatic heterocycles. The zero-order chi connectivity index (χ0) is 12.4. The summed E-state index contributed by atoms with van der Waals surface area (Å²) < 4.78 is 13.5. The Morgan fingerprint density at radius 1 is 1.35 bits per heavy atom. The molecular formula is C10H6FN3O3. The molecule has 0 saturated carbocycles. The molecule has 2 rings (SSSR count). The number of nitro benzene ring substituents is 1. The second-order valence-electron chi connectivity index (χ2n) is 3.22. The minimum absolute atomic E-state index is 0.0475. The number of non-ortho nitro benzene ring substituents is 1. The maximum Gasteiger partial charge on any atom is 0.270 e. The molecule has 2 aromatic rings. The first-order valence-electron chi connectivity index (χ1n) is 4.56. The smallest absolute Gasteiger partial charge is 0.270 e. The quantitative estimate of drug-likeness (QED) is 0.630. The molecule has 0 fully saturated rings. The molecule has 0 unspecified atom stereocenters. The van der Waals surface area contributed by atoms with Crippen LogP contribution in [0.1, 0.15) is 0 Å². The highest BCUT2D eigenvalue weighted by atomic mass is 19.1. The molecule has 7 heteroatoms. The van der Waals surface area contributed by atoms with Crippen molar-refractivity contribution in [3.8, 4) is 11.1 Å². The summed E-state index contributed by atoms with van der Waals surface area (Å²) in [7, 11) is 0. The van der Waals surface area contributed by atoms with Crippen LogP contribution in [0.3, 0.4) is 0 Å². The lowest BCUT2D eigenvalue weighted by molar-refractivity contribution is -0.384. The van der Waals surface area contributed by atoms with Gasteiger partial charge >= 0.3 is 0 Å². The molecule has 0 aliphatic heterocycles. The summed E-state index contributed by atoms with van der Waals surface area (Å²) in [6, 6.07) is 2.98. The Morgan fingerprint density at radius 2 is 2.12 bits per heavy atom. The molecule has 0 amide bonds. The summed E-state index contributed by atoms with van der Waals surface area (Å²) in [4.78, 5) is 27.2. The molecule has 1 heterocycles. The highest BCUT2D eigenvalue weighted by molar-refractivity contribution is 5.65. The van der Waals surface area contributed by atoms with Crippen LogP contribution < -0.4 is 5.56 Å². The van der Waals surface area contributed by atoms with Gasteiger partial charge in [-0.05, 0) is 6.07 Å². The van der Waals surface area contributed by atoms with Gasteiger partial charge in [0.15, 0.2) is 0 Å². The fraction of sp³-hybridized carbons (Fsp3) is 0. The van der Waals surface area contributed by atoms with Crippen LogP contribution in [0.5, 0.6) is 0 Å². The van der Waals surface area contributed by atoms with E-state index < -0.39 is 16.3 Å². The van der Waals surface area contributed by atoms with Crippen LogP contribution in [0, 0.1) is 15.9 Å². The largest absolute Gasteiger partial charge is 0.313 e. The highest BCUT2D eigenvalue weighted by Crippen LogP contribution is 2.23. The van der Waals surface area contributed by atoms with E-state index in [0.717, 1.165) is 30.7 Å². The minimum Gasteiger partial charge on any atom is -0.313 e. The van der Waals surface area contributed by atoms with E-state index in [1.165, 1.54) is 0 Å². The maximum atomic E-state index is 13.5. The van der Waals surface area contributed by atoms with Crippen LogP contribution in [0.4, 0.5) is 10.1 Å². The van der Waals surface area contributed by atoms with Crippen LogP contribution >= 0.6 is 0 Å². The molecule has 17 heavy (non-hydrogen) atoms. The van der Waals surface area contributed by atoms with Crippen LogP contribution in [-0.2, 0) is 0 Å². The van der Waals surface area contributed by atoms with Crippen molar-refractivity contribution in [2.24, 2.45) is 0 Å². The van der Waals surface area contributed by atoms with Crippen molar-refractivity contribution in [1.29, 1.82) is 0 Å². The van der Waals surface area contributed by atoms with Gasteiger partial charge in [0.2, 0.25) is 0 Å². The number of rotatable bonds is 2. The van der Waals surface area contributed by atoms with Crippen molar-refractivity contribution >= 4 is 5.69 Å². The van der Waals surface area contributed by atoms with Crippen molar-refractivity contribution < 1.29 is 9.31 Å². The number of hydrogen-bond acceptors (Lipinski definition) is 4. The normalized spacial score (nSPS) is 10.2. The molecule has 86 valence electrons. The van der Waals surface area contributed by atoms with Crippen molar-refractivity contribution in [2.45, 2.75) is 0 Å². The average molecular weight is 235 g/mol. The summed E-state index contributed by atoms with van der Waals surface area (Å²) in [5.41, 5.74) is -1.04. The van der Waals surface area contributed by atoms with Gasteiger partial charge in [0.1, 0.15) is 5.82 Å². The zero-order valence-electron chi connectivity index (χ0n) is 8.38. The summed E-state index contributed by atoms with van der Waals surface area (Å²) in [5, 5.41) is 10.6. The van der Waals surface area contributed by atoms with Crippen molar-refractivity contribution in [1.82, 2.24) is 9.97 Å². The predicted molar refractivity (Wildman–Crippen MR) is 56.9 cm³/mol. The molecule has 1 N–H and O–H groups in total. The number of aromatic nitrogens is 2. The molecule has 1 aromatic carbocycles. The lowest BCUT2D eigenvalue weighted by Gasteiger charge is -2.01. The third-order valence-corrected chi connectivity index (χ3v) is 2.17. The van der Waals surface area contributed by atoms with Crippen molar-refractivity contribution in [3.05, 3.63) is 57.0 Å². The molecule has 0 radical (unpaired) electrons. The minimum atomic E-state index is -0.714. The van der Waals surface area contributed by atoms with E-state index in [1.54, 1.807) is 0 Å². The number of benzene rings is 1. The number of nitrogens with zero attached hydrogens (tertiary/aromatic N) is 2. The van der Waals surface area contributed by atoms with Crippen molar-refractivity contribution in [2.75, 3.05) is 0 Å². The Labute approximate surface area is 93.9 Å². The molecule has 6 nitrogen and oxygen atoms in total. The monoisotopic (exact) mass is 235 g/mol. The maximum absolute atomic E-state index is 13.5. The Balaban J connectivity index is 2.67. The van der Waals surface area contributed by atoms with Gasteiger partial charge in [-0.3, -0.25) is 14.9 Å². The van der Waals surface area contributed by atoms with Crippen LogP contribution in [0.25, 0.3) is 11.1 Å². The molecule has 0 bridgehead atoms. The molecule has 0 atom stereocenters. The molecule has 0 aliphatic carbocycles. The summed E-state index contributed by atoms with van der Waals surface area (Å²) in [6.45, 7) is 0. The number of nitro groups is 1. The highest BCUT2D eigenvalue weighted by Gasteiger charge is 2.14. The van der Waals surface area contributed by atoms with E-state index in [2.05, 4.69) is 9.97 Å². The van der Waals surface area contributed by atoms with Crippen LogP contribution in [-0.4, -0.2) is 14.9 Å². The Bertz CT molecular complexity index is 639. The predicted octanol–water partition coefficient (Wildman–Crippen LogP) is 1.48. The van der Waals surface area contributed by atoms with Gasteiger partial charge in [-0.25, -0.2) is 9.37 Å². The summed E-state index contributed by atoms with van der Waals surface area (Å²) in [5.74, 6) is -0.714.